The minimum atomic E-state index is -0.294. The van der Waals surface area contributed by atoms with Crippen molar-refractivity contribution in [2.75, 3.05) is 19.7 Å². The predicted molar refractivity (Wildman–Crippen MR) is 98.0 cm³/mol. The molecule has 144 valence electrons. The Kier molecular flexibility index (Phi) is 5.70. The van der Waals surface area contributed by atoms with Gasteiger partial charge in [-0.1, -0.05) is 12.1 Å². The van der Waals surface area contributed by atoms with E-state index in [1.54, 1.807) is 28.6 Å². The van der Waals surface area contributed by atoms with Crippen LogP contribution in [0.1, 0.15) is 46.8 Å². The minimum absolute atomic E-state index is 0.0158. The second kappa shape index (κ2) is 8.00. The normalized spacial score (nSPS) is 17.2. The third-order valence-electron chi connectivity index (χ3n) is 4.93. The summed E-state index contributed by atoms with van der Waals surface area (Å²) in [5, 5.41) is 4.38. The fourth-order valence-corrected chi connectivity index (χ4v) is 3.54. The van der Waals surface area contributed by atoms with E-state index in [0.717, 1.165) is 11.3 Å². The van der Waals surface area contributed by atoms with Gasteiger partial charge in [0.05, 0.1) is 24.4 Å². The fourth-order valence-electron chi connectivity index (χ4n) is 3.54. The molecule has 27 heavy (non-hydrogen) atoms. The Labute approximate surface area is 157 Å². The Morgan fingerprint density at radius 2 is 1.96 bits per heavy atom. The maximum Gasteiger partial charge on any atom is 0.224 e. The fraction of sp³-hybridized carbons (Fsp3) is 0.450. The molecule has 0 N–H and O–H groups in total. The summed E-state index contributed by atoms with van der Waals surface area (Å²) in [5.74, 6) is -0.294. The number of Topliss-reactive ketones (excluding diaryl/α,β-unsaturated/α-hetero) is 1. The molecule has 3 rings (SSSR count). The van der Waals surface area contributed by atoms with Crippen LogP contribution in [-0.4, -0.2) is 46.1 Å². The molecule has 1 aromatic heterocycles. The molecule has 1 aliphatic heterocycles. The lowest BCUT2D eigenvalue weighted by Gasteiger charge is -2.33. The maximum absolute atomic E-state index is 13.1. The molecule has 0 radical (unpaired) electrons. The van der Waals surface area contributed by atoms with E-state index < -0.39 is 0 Å². The standard InChI is InChI=1S/C20H24FN3O3/c1-13-20(15(3)25)14(2)24(22-13)9-8-19(26)23-10-11-27-18(12-23)16-4-6-17(21)7-5-16/h4-7,18H,8-12H2,1-3H3/t18-/m0/s1. The number of hydrogen-bond acceptors (Lipinski definition) is 4. The van der Waals surface area contributed by atoms with E-state index in [2.05, 4.69) is 5.10 Å². The quantitative estimate of drug-likeness (QED) is 0.756. The van der Waals surface area contributed by atoms with Gasteiger partial charge in [-0.25, -0.2) is 4.39 Å². The number of benzene rings is 1. The van der Waals surface area contributed by atoms with Crippen molar-refractivity contribution in [1.82, 2.24) is 14.7 Å². The van der Waals surface area contributed by atoms with Crippen LogP contribution in [0.15, 0.2) is 24.3 Å². The molecular formula is C20H24FN3O3. The first-order valence-electron chi connectivity index (χ1n) is 9.06. The number of carbonyl (C=O) groups excluding carboxylic acids is 2. The molecule has 1 aliphatic rings. The zero-order valence-electron chi connectivity index (χ0n) is 15.9. The van der Waals surface area contributed by atoms with Gasteiger partial charge >= 0.3 is 0 Å². The van der Waals surface area contributed by atoms with Gasteiger partial charge in [-0.2, -0.15) is 5.10 Å². The Hall–Kier alpha value is -2.54. The van der Waals surface area contributed by atoms with Crippen LogP contribution in [0.4, 0.5) is 4.39 Å². The van der Waals surface area contributed by atoms with Crippen LogP contribution in [0.2, 0.25) is 0 Å². The second-order valence-electron chi connectivity index (χ2n) is 6.83. The smallest absolute Gasteiger partial charge is 0.224 e. The number of hydrogen-bond donors (Lipinski definition) is 0. The number of halogens is 1. The van der Waals surface area contributed by atoms with Crippen molar-refractivity contribution in [3.8, 4) is 0 Å². The molecule has 1 fully saturated rings. The monoisotopic (exact) mass is 373 g/mol. The van der Waals surface area contributed by atoms with Crippen molar-refractivity contribution in [2.45, 2.75) is 39.8 Å². The highest BCUT2D eigenvalue weighted by Crippen LogP contribution is 2.23. The van der Waals surface area contributed by atoms with Crippen LogP contribution in [-0.2, 0) is 16.1 Å². The number of aromatic nitrogens is 2. The van der Waals surface area contributed by atoms with Crippen LogP contribution >= 0.6 is 0 Å². The van der Waals surface area contributed by atoms with Gasteiger partial charge < -0.3 is 9.64 Å². The van der Waals surface area contributed by atoms with Gasteiger partial charge in [-0.05, 0) is 38.5 Å². The molecule has 2 aromatic rings. The lowest BCUT2D eigenvalue weighted by atomic mass is 10.1. The molecule has 0 bridgehead atoms. The number of ketones is 1. The van der Waals surface area contributed by atoms with Gasteiger partial charge in [0.2, 0.25) is 5.91 Å². The van der Waals surface area contributed by atoms with Crippen LogP contribution in [0.3, 0.4) is 0 Å². The zero-order valence-corrected chi connectivity index (χ0v) is 15.9. The van der Waals surface area contributed by atoms with Crippen molar-refractivity contribution < 1.29 is 18.7 Å². The molecule has 0 saturated carbocycles. The lowest BCUT2D eigenvalue weighted by molar-refractivity contribution is -0.139. The number of carbonyl (C=O) groups is 2. The summed E-state index contributed by atoms with van der Waals surface area (Å²) in [6.45, 7) is 7.03. The number of aryl methyl sites for hydroxylation is 2. The van der Waals surface area contributed by atoms with Crippen LogP contribution in [0.5, 0.6) is 0 Å². The second-order valence-corrected chi connectivity index (χ2v) is 6.83. The molecule has 6 nitrogen and oxygen atoms in total. The number of amides is 1. The predicted octanol–water partition coefficient (Wildman–Crippen LogP) is 2.83. The highest BCUT2D eigenvalue weighted by atomic mass is 19.1. The summed E-state index contributed by atoms with van der Waals surface area (Å²) in [6.07, 6.45) is 0.0522. The molecule has 7 heteroatoms. The van der Waals surface area contributed by atoms with Crippen molar-refractivity contribution >= 4 is 11.7 Å². The first kappa shape index (κ1) is 19.2. The zero-order chi connectivity index (χ0) is 19.6. The minimum Gasteiger partial charge on any atom is -0.370 e. The highest BCUT2D eigenvalue weighted by Gasteiger charge is 2.25. The number of rotatable bonds is 5. The summed E-state index contributed by atoms with van der Waals surface area (Å²) >= 11 is 0. The molecular weight excluding hydrogens is 349 g/mol. The van der Waals surface area contributed by atoms with E-state index >= 15 is 0 Å². The van der Waals surface area contributed by atoms with Gasteiger partial charge in [0.25, 0.3) is 0 Å². The number of ether oxygens (including phenoxy) is 1. The average molecular weight is 373 g/mol. The summed E-state index contributed by atoms with van der Waals surface area (Å²) in [5.41, 5.74) is 2.97. The third kappa shape index (κ3) is 4.24. The van der Waals surface area contributed by atoms with Crippen LogP contribution in [0.25, 0.3) is 0 Å². The first-order chi connectivity index (χ1) is 12.9. The van der Waals surface area contributed by atoms with Gasteiger partial charge in [0.15, 0.2) is 5.78 Å². The van der Waals surface area contributed by atoms with E-state index in [1.807, 2.05) is 6.92 Å². The van der Waals surface area contributed by atoms with Gasteiger partial charge in [0.1, 0.15) is 11.9 Å². The summed E-state index contributed by atoms with van der Waals surface area (Å²) in [7, 11) is 0. The molecule has 1 amide bonds. The van der Waals surface area contributed by atoms with Gasteiger partial charge in [-0.15, -0.1) is 0 Å². The highest BCUT2D eigenvalue weighted by molar-refractivity contribution is 5.96. The maximum atomic E-state index is 13.1. The van der Waals surface area contributed by atoms with Crippen molar-refractivity contribution in [3.05, 3.63) is 52.6 Å². The molecule has 0 aliphatic carbocycles. The summed E-state index contributed by atoms with van der Waals surface area (Å²) in [4.78, 5) is 26.1. The Balaban J connectivity index is 1.62. The van der Waals surface area contributed by atoms with E-state index in [4.69, 9.17) is 4.74 Å². The topological polar surface area (TPSA) is 64.4 Å². The van der Waals surface area contributed by atoms with Crippen molar-refractivity contribution in [2.24, 2.45) is 0 Å². The van der Waals surface area contributed by atoms with Crippen molar-refractivity contribution in [3.63, 3.8) is 0 Å². The Bertz CT molecular complexity index is 845. The summed E-state index contributed by atoms with van der Waals surface area (Å²) < 4.78 is 20.6. The SMILES string of the molecule is CC(=O)c1c(C)nn(CCC(=O)N2CCO[C@H](c3ccc(F)cc3)C2)c1C. The molecule has 1 saturated heterocycles. The van der Waals surface area contributed by atoms with Gasteiger partial charge in [0, 0.05) is 25.2 Å². The van der Waals surface area contributed by atoms with E-state index in [1.165, 1.54) is 19.1 Å². The van der Waals surface area contributed by atoms with E-state index in [9.17, 15) is 14.0 Å². The largest absolute Gasteiger partial charge is 0.370 e. The molecule has 1 atom stereocenters. The molecule has 2 heterocycles. The third-order valence-corrected chi connectivity index (χ3v) is 4.93. The average Bonchev–Trinajstić information content (AvgIpc) is 2.94. The number of morpholine rings is 1. The first-order valence-corrected chi connectivity index (χ1v) is 9.06. The van der Waals surface area contributed by atoms with Crippen LogP contribution in [0, 0.1) is 19.7 Å². The summed E-state index contributed by atoms with van der Waals surface area (Å²) in [6, 6.07) is 6.17. The van der Waals surface area contributed by atoms with E-state index in [-0.39, 0.29) is 23.6 Å². The van der Waals surface area contributed by atoms with Crippen LogP contribution < -0.4 is 0 Å². The molecule has 0 unspecified atom stereocenters. The Morgan fingerprint density at radius 3 is 2.59 bits per heavy atom. The van der Waals surface area contributed by atoms with Gasteiger partial charge in [-0.3, -0.25) is 14.3 Å². The number of nitrogens with zero attached hydrogens (tertiary/aromatic N) is 3. The molecule has 1 aromatic carbocycles. The lowest BCUT2D eigenvalue weighted by Crippen LogP contribution is -2.42. The Morgan fingerprint density at radius 1 is 1.26 bits per heavy atom. The van der Waals surface area contributed by atoms with E-state index in [0.29, 0.717) is 43.9 Å². The molecule has 0 spiro atoms. The van der Waals surface area contributed by atoms with Crippen molar-refractivity contribution in [1.29, 1.82) is 0 Å².